The average Bonchev–Trinajstić information content (AvgIpc) is 2.92. The summed E-state index contributed by atoms with van der Waals surface area (Å²) in [5, 5.41) is 2.65. The highest BCUT2D eigenvalue weighted by atomic mass is 32.2. The van der Waals surface area contributed by atoms with Gasteiger partial charge in [-0.25, -0.2) is 4.98 Å². The van der Waals surface area contributed by atoms with Crippen LogP contribution in [0.4, 0.5) is 16.5 Å². The molecule has 3 nitrogen and oxygen atoms in total. The van der Waals surface area contributed by atoms with E-state index in [1.807, 2.05) is 17.1 Å². The molecular formula is C16H13N3S2. The van der Waals surface area contributed by atoms with E-state index in [1.54, 1.807) is 0 Å². The van der Waals surface area contributed by atoms with Crippen LogP contribution in [0.3, 0.4) is 0 Å². The lowest BCUT2D eigenvalue weighted by Crippen LogP contribution is -2.20. The van der Waals surface area contributed by atoms with Crippen molar-refractivity contribution in [3.63, 3.8) is 0 Å². The van der Waals surface area contributed by atoms with Gasteiger partial charge in [0.2, 0.25) is 0 Å². The van der Waals surface area contributed by atoms with Gasteiger partial charge in [-0.15, -0.1) is 11.3 Å². The minimum absolute atomic E-state index is 0.623. The van der Waals surface area contributed by atoms with Crippen molar-refractivity contribution >= 4 is 39.6 Å². The quantitative estimate of drug-likeness (QED) is 0.755. The molecule has 4 rings (SSSR count). The molecule has 3 aromatic rings. The van der Waals surface area contributed by atoms with Crippen LogP contribution in [-0.2, 0) is 6.54 Å². The van der Waals surface area contributed by atoms with E-state index in [0.29, 0.717) is 5.13 Å². The van der Waals surface area contributed by atoms with Gasteiger partial charge < -0.3 is 10.6 Å². The van der Waals surface area contributed by atoms with E-state index in [-0.39, 0.29) is 0 Å². The minimum Gasteiger partial charge on any atom is -0.375 e. The first-order valence-electron chi connectivity index (χ1n) is 6.64. The molecule has 2 aromatic carbocycles. The van der Waals surface area contributed by atoms with Crippen LogP contribution in [-0.4, -0.2) is 4.98 Å². The van der Waals surface area contributed by atoms with Crippen molar-refractivity contribution in [2.24, 2.45) is 0 Å². The highest BCUT2D eigenvalue weighted by Gasteiger charge is 2.23. The molecule has 1 aliphatic heterocycles. The number of nitrogens with zero attached hydrogens (tertiary/aromatic N) is 2. The molecule has 0 unspecified atom stereocenters. The van der Waals surface area contributed by atoms with Crippen molar-refractivity contribution in [2.75, 3.05) is 10.6 Å². The number of anilines is 3. The Hall–Kier alpha value is -1.98. The monoisotopic (exact) mass is 311 g/mol. The Balaban J connectivity index is 1.81. The van der Waals surface area contributed by atoms with Crippen LogP contribution in [0.5, 0.6) is 0 Å². The van der Waals surface area contributed by atoms with Crippen LogP contribution >= 0.6 is 23.1 Å². The molecule has 1 aromatic heterocycles. The molecule has 0 atom stereocenters. The van der Waals surface area contributed by atoms with Crippen molar-refractivity contribution in [1.82, 2.24) is 4.98 Å². The van der Waals surface area contributed by atoms with E-state index < -0.39 is 0 Å². The van der Waals surface area contributed by atoms with E-state index in [2.05, 4.69) is 58.4 Å². The summed E-state index contributed by atoms with van der Waals surface area (Å²) in [6.07, 6.45) is 0. The second-order valence-corrected chi connectivity index (χ2v) is 6.77. The van der Waals surface area contributed by atoms with Gasteiger partial charge in [0.1, 0.15) is 0 Å². The highest BCUT2D eigenvalue weighted by molar-refractivity contribution is 7.99. The maximum absolute atomic E-state index is 5.76. The average molecular weight is 311 g/mol. The lowest BCUT2D eigenvalue weighted by Gasteiger charge is -2.32. The number of nitrogen functional groups attached to an aromatic ring is 1. The van der Waals surface area contributed by atoms with E-state index in [4.69, 9.17) is 5.73 Å². The van der Waals surface area contributed by atoms with Crippen molar-refractivity contribution in [1.29, 1.82) is 0 Å². The predicted molar refractivity (Wildman–Crippen MR) is 89.4 cm³/mol. The zero-order chi connectivity index (χ0) is 14.2. The maximum atomic E-state index is 5.76. The third kappa shape index (κ3) is 2.28. The third-order valence-corrected chi connectivity index (χ3v) is 5.27. The van der Waals surface area contributed by atoms with Gasteiger partial charge in [-0.05, 0) is 24.3 Å². The second kappa shape index (κ2) is 5.09. The Bertz CT molecular complexity index is 752. The van der Waals surface area contributed by atoms with Crippen LogP contribution in [0.25, 0.3) is 0 Å². The molecule has 0 fully saturated rings. The van der Waals surface area contributed by atoms with Crippen molar-refractivity contribution in [3.05, 3.63) is 59.6 Å². The van der Waals surface area contributed by atoms with Gasteiger partial charge >= 0.3 is 0 Å². The number of hydrogen-bond acceptors (Lipinski definition) is 5. The Morgan fingerprint density at radius 2 is 1.57 bits per heavy atom. The number of fused-ring (bicyclic) bond motifs is 2. The molecule has 21 heavy (non-hydrogen) atoms. The Kier molecular flexibility index (Phi) is 3.09. The van der Waals surface area contributed by atoms with Crippen LogP contribution in [0.1, 0.15) is 5.69 Å². The highest BCUT2D eigenvalue weighted by Crippen LogP contribution is 2.48. The van der Waals surface area contributed by atoms with Crippen molar-refractivity contribution < 1.29 is 0 Å². The number of nitrogens with two attached hydrogens (primary N) is 1. The normalized spacial score (nSPS) is 12.9. The fourth-order valence-corrected chi connectivity index (χ4v) is 4.16. The summed E-state index contributed by atoms with van der Waals surface area (Å²) >= 11 is 3.31. The number of benzene rings is 2. The molecule has 0 amide bonds. The largest absolute Gasteiger partial charge is 0.375 e. The van der Waals surface area contributed by atoms with Gasteiger partial charge in [0, 0.05) is 15.2 Å². The molecule has 0 saturated carbocycles. The predicted octanol–water partition coefficient (Wildman–Crippen LogP) is 4.53. The fourth-order valence-electron chi connectivity index (χ4n) is 2.51. The van der Waals surface area contributed by atoms with Crippen LogP contribution in [0, 0.1) is 0 Å². The van der Waals surface area contributed by atoms with Crippen LogP contribution in [0.2, 0.25) is 0 Å². The summed E-state index contributed by atoms with van der Waals surface area (Å²) in [6, 6.07) is 17.0. The standard InChI is InChI=1S/C16H13N3S2/c17-16-18-11(10-20-16)9-19-12-5-1-3-7-14(12)21-15-8-4-2-6-13(15)19/h1-8,10H,9H2,(H2,17,18). The molecule has 0 spiro atoms. The second-order valence-electron chi connectivity index (χ2n) is 4.80. The first-order chi connectivity index (χ1) is 10.3. The lowest BCUT2D eigenvalue weighted by atomic mass is 10.2. The number of thiazole rings is 1. The number of para-hydroxylation sites is 2. The molecule has 2 N–H and O–H groups in total. The topological polar surface area (TPSA) is 42.1 Å². The van der Waals surface area contributed by atoms with Gasteiger partial charge in [0.15, 0.2) is 5.13 Å². The molecule has 0 saturated heterocycles. The number of aromatic nitrogens is 1. The van der Waals surface area contributed by atoms with E-state index in [0.717, 1.165) is 12.2 Å². The summed E-state index contributed by atoms with van der Waals surface area (Å²) in [5.41, 5.74) is 9.22. The molecule has 0 radical (unpaired) electrons. The van der Waals surface area contributed by atoms with Gasteiger partial charge in [-0.3, -0.25) is 0 Å². The number of hydrogen-bond donors (Lipinski definition) is 1. The summed E-state index contributed by atoms with van der Waals surface area (Å²) < 4.78 is 0. The summed E-state index contributed by atoms with van der Waals surface area (Å²) in [7, 11) is 0. The van der Waals surface area contributed by atoms with Crippen LogP contribution < -0.4 is 10.6 Å². The summed E-state index contributed by atoms with van der Waals surface area (Å²) in [4.78, 5) is 9.27. The van der Waals surface area contributed by atoms with E-state index in [9.17, 15) is 0 Å². The Labute approximate surface area is 131 Å². The third-order valence-electron chi connectivity index (χ3n) is 3.42. The smallest absolute Gasteiger partial charge is 0.180 e. The zero-order valence-electron chi connectivity index (χ0n) is 11.2. The van der Waals surface area contributed by atoms with Gasteiger partial charge in [0.25, 0.3) is 0 Å². The summed E-state index contributed by atoms with van der Waals surface area (Å²) in [6.45, 7) is 0.738. The lowest BCUT2D eigenvalue weighted by molar-refractivity contribution is 0.911. The minimum atomic E-state index is 0.623. The Morgan fingerprint density at radius 1 is 0.952 bits per heavy atom. The summed E-state index contributed by atoms with van der Waals surface area (Å²) in [5.74, 6) is 0. The van der Waals surface area contributed by atoms with Crippen molar-refractivity contribution in [3.8, 4) is 0 Å². The molecule has 0 aliphatic carbocycles. The first-order valence-corrected chi connectivity index (χ1v) is 8.34. The molecule has 5 heteroatoms. The van der Waals surface area contributed by atoms with Crippen molar-refractivity contribution in [2.45, 2.75) is 16.3 Å². The van der Waals surface area contributed by atoms with Crippen LogP contribution in [0.15, 0.2) is 63.7 Å². The molecule has 0 bridgehead atoms. The molecular weight excluding hydrogens is 298 g/mol. The van der Waals surface area contributed by atoms with Gasteiger partial charge in [0.05, 0.1) is 23.6 Å². The van der Waals surface area contributed by atoms with E-state index >= 15 is 0 Å². The number of rotatable bonds is 2. The fraction of sp³-hybridized carbons (Fsp3) is 0.0625. The SMILES string of the molecule is Nc1nc(CN2c3ccccc3Sc3ccccc32)cs1. The van der Waals surface area contributed by atoms with Gasteiger partial charge in [-0.1, -0.05) is 36.0 Å². The van der Waals surface area contributed by atoms with E-state index in [1.165, 1.54) is 32.5 Å². The van der Waals surface area contributed by atoms with Gasteiger partial charge in [-0.2, -0.15) is 0 Å². The first kappa shape index (κ1) is 12.7. The Morgan fingerprint density at radius 3 is 2.14 bits per heavy atom. The molecule has 2 heterocycles. The maximum Gasteiger partial charge on any atom is 0.180 e. The zero-order valence-corrected chi connectivity index (χ0v) is 12.8. The molecule has 104 valence electrons. The molecule has 1 aliphatic rings.